The number of ether oxygens (including phenoxy) is 1. The zero-order valence-electron chi connectivity index (χ0n) is 9.37. The molecule has 0 aliphatic heterocycles. The van der Waals surface area contributed by atoms with Gasteiger partial charge in [-0.1, -0.05) is 0 Å². The van der Waals surface area contributed by atoms with E-state index in [2.05, 4.69) is 31.3 Å². The van der Waals surface area contributed by atoms with Crippen LogP contribution in [0.15, 0.2) is 22.7 Å². The van der Waals surface area contributed by atoms with Gasteiger partial charge in [0.1, 0.15) is 5.75 Å². The van der Waals surface area contributed by atoms with Crippen LogP contribution in [0.5, 0.6) is 5.75 Å². The first-order valence-corrected chi connectivity index (χ1v) is 5.74. The molecule has 1 aromatic carbocycles. The van der Waals surface area contributed by atoms with Crippen molar-refractivity contribution in [1.29, 1.82) is 0 Å². The number of carboxylic acids is 1. The highest BCUT2D eigenvalue weighted by Crippen LogP contribution is 2.23. The fourth-order valence-corrected chi connectivity index (χ4v) is 1.70. The predicted octanol–water partition coefficient (Wildman–Crippen LogP) is 1.25. The number of benzene rings is 1. The van der Waals surface area contributed by atoms with Gasteiger partial charge < -0.3 is 9.84 Å². The Morgan fingerprint density at radius 2 is 2.33 bits per heavy atom. The molecule has 0 saturated carbocycles. The van der Waals surface area contributed by atoms with Crippen molar-refractivity contribution in [3.8, 4) is 5.75 Å². The highest BCUT2D eigenvalue weighted by Gasteiger charge is 2.10. The summed E-state index contributed by atoms with van der Waals surface area (Å²) in [5.41, 5.74) is 0.139. The first-order chi connectivity index (χ1) is 8.56. The van der Waals surface area contributed by atoms with Crippen LogP contribution in [-0.4, -0.2) is 31.3 Å². The minimum atomic E-state index is -1.02. The Bertz CT molecular complexity index is 584. The summed E-state index contributed by atoms with van der Waals surface area (Å²) in [5, 5.41) is 20.3. The average Bonchev–Trinajstić information content (AvgIpc) is 2.74. The molecule has 0 aliphatic rings. The molecule has 0 saturated heterocycles. The van der Waals surface area contributed by atoms with Gasteiger partial charge in [0, 0.05) is 4.47 Å². The molecule has 0 fully saturated rings. The third-order valence-corrected chi connectivity index (χ3v) is 2.78. The number of aromatic carboxylic acids is 1. The van der Waals surface area contributed by atoms with E-state index < -0.39 is 5.97 Å². The van der Waals surface area contributed by atoms with Crippen LogP contribution in [0.3, 0.4) is 0 Å². The molecular weight excluding hydrogens is 304 g/mol. The number of aromatic nitrogens is 4. The first kappa shape index (κ1) is 12.5. The van der Waals surface area contributed by atoms with Crippen LogP contribution in [0, 0.1) is 0 Å². The van der Waals surface area contributed by atoms with Gasteiger partial charge in [-0.05, 0) is 39.3 Å². The monoisotopic (exact) mass is 312 g/mol. The summed E-state index contributed by atoms with van der Waals surface area (Å²) in [6, 6.07) is 4.71. The molecule has 1 aromatic heterocycles. The number of carbonyl (C=O) groups is 1. The summed E-state index contributed by atoms with van der Waals surface area (Å²) >= 11 is 3.16. The van der Waals surface area contributed by atoms with Crippen LogP contribution in [0.4, 0.5) is 0 Å². The van der Waals surface area contributed by atoms with Gasteiger partial charge in [-0.2, -0.15) is 4.80 Å². The van der Waals surface area contributed by atoms with Crippen LogP contribution in [0.2, 0.25) is 0 Å². The molecule has 1 N–H and O–H groups in total. The van der Waals surface area contributed by atoms with Crippen LogP contribution in [0.25, 0.3) is 0 Å². The van der Waals surface area contributed by atoms with E-state index in [1.807, 2.05) is 0 Å². The Morgan fingerprint density at radius 1 is 1.56 bits per heavy atom. The molecule has 0 aliphatic carbocycles. The van der Waals surface area contributed by atoms with Crippen LogP contribution in [0.1, 0.15) is 16.2 Å². The fourth-order valence-electron chi connectivity index (χ4n) is 1.29. The SMILES string of the molecule is Cn1nnc(COc2ccc(Br)c(C(=O)O)c2)n1. The highest BCUT2D eigenvalue weighted by atomic mass is 79.9. The van der Waals surface area contributed by atoms with Gasteiger partial charge >= 0.3 is 5.97 Å². The molecule has 94 valence electrons. The van der Waals surface area contributed by atoms with Crippen LogP contribution in [-0.2, 0) is 13.7 Å². The molecule has 0 spiro atoms. The Labute approximate surface area is 111 Å². The van der Waals surface area contributed by atoms with Crippen molar-refractivity contribution >= 4 is 21.9 Å². The number of nitrogens with zero attached hydrogens (tertiary/aromatic N) is 4. The van der Waals surface area contributed by atoms with Gasteiger partial charge in [0.15, 0.2) is 6.61 Å². The second-order valence-electron chi connectivity index (χ2n) is 3.43. The third kappa shape index (κ3) is 2.83. The zero-order valence-corrected chi connectivity index (χ0v) is 11.0. The van der Waals surface area contributed by atoms with Crippen molar-refractivity contribution < 1.29 is 14.6 Å². The molecule has 7 nitrogen and oxygen atoms in total. The number of tetrazole rings is 1. The van der Waals surface area contributed by atoms with Crippen LogP contribution < -0.4 is 4.74 Å². The molecule has 8 heteroatoms. The van der Waals surface area contributed by atoms with E-state index in [1.165, 1.54) is 10.9 Å². The van der Waals surface area contributed by atoms with E-state index in [0.717, 1.165) is 0 Å². The molecule has 0 amide bonds. The number of carboxylic acid groups (broad SMARTS) is 1. The molecule has 0 unspecified atom stereocenters. The molecular formula is C10H9BrN4O3. The number of aryl methyl sites for hydroxylation is 1. The van der Waals surface area contributed by atoms with E-state index in [1.54, 1.807) is 19.2 Å². The highest BCUT2D eigenvalue weighted by molar-refractivity contribution is 9.10. The molecule has 0 atom stereocenters. The van der Waals surface area contributed by atoms with Gasteiger partial charge in [0.2, 0.25) is 5.82 Å². The normalized spacial score (nSPS) is 10.3. The minimum absolute atomic E-state index is 0.133. The average molecular weight is 313 g/mol. The number of halogens is 1. The molecule has 18 heavy (non-hydrogen) atoms. The summed E-state index contributed by atoms with van der Waals surface area (Å²) in [7, 11) is 1.65. The quantitative estimate of drug-likeness (QED) is 0.913. The van der Waals surface area contributed by atoms with Crippen LogP contribution >= 0.6 is 15.9 Å². The maximum Gasteiger partial charge on any atom is 0.336 e. The van der Waals surface area contributed by atoms with E-state index in [9.17, 15) is 4.79 Å². The van der Waals surface area contributed by atoms with Gasteiger partial charge in [-0.25, -0.2) is 4.79 Å². The lowest BCUT2D eigenvalue weighted by Crippen LogP contribution is -2.02. The maximum absolute atomic E-state index is 10.9. The smallest absolute Gasteiger partial charge is 0.336 e. The fraction of sp³-hybridized carbons (Fsp3) is 0.200. The Kier molecular flexibility index (Phi) is 3.56. The lowest BCUT2D eigenvalue weighted by atomic mass is 10.2. The lowest BCUT2D eigenvalue weighted by Gasteiger charge is -2.05. The second-order valence-corrected chi connectivity index (χ2v) is 4.28. The summed E-state index contributed by atoms with van der Waals surface area (Å²) in [5.74, 6) is -0.162. The Balaban J connectivity index is 2.10. The van der Waals surface area contributed by atoms with E-state index in [-0.39, 0.29) is 12.2 Å². The standard InChI is InChI=1S/C10H9BrN4O3/c1-15-13-9(12-14-15)5-18-6-2-3-8(11)7(4-6)10(16)17/h2-4H,5H2,1H3,(H,16,17). The number of rotatable bonds is 4. The van der Waals surface area contributed by atoms with E-state index in [0.29, 0.717) is 16.0 Å². The van der Waals surface area contributed by atoms with E-state index in [4.69, 9.17) is 9.84 Å². The molecule has 1 heterocycles. The van der Waals surface area contributed by atoms with Crippen molar-refractivity contribution in [2.75, 3.05) is 0 Å². The molecule has 0 bridgehead atoms. The number of hydrogen-bond donors (Lipinski definition) is 1. The van der Waals surface area contributed by atoms with Gasteiger partial charge in [0.05, 0.1) is 12.6 Å². The number of hydrogen-bond acceptors (Lipinski definition) is 5. The van der Waals surface area contributed by atoms with Crippen molar-refractivity contribution in [2.24, 2.45) is 7.05 Å². The van der Waals surface area contributed by atoms with Crippen molar-refractivity contribution in [3.05, 3.63) is 34.1 Å². The van der Waals surface area contributed by atoms with Crippen molar-refractivity contribution in [3.63, 3.8) is 0 Å². The second kappa shape index (κ2) is 5.13. The van der Waals surface area contributed by atoms with Crippen molar-refractivity contribution in [1.82, 2.24) is 20.2 Å². The van der Waals surface area contributed by atoms with Gasteiger partial charge in [0.25, 0.3) is 0 Å². The predicted molar refractivity (Wildman–Crippen MR) is 64.2 cm³/mol. The van der Waals surface area contributed by atoms with Gasteiger partial charge in [-0.15, -0.1) is 10.2 Å². The van der Waals surface area contributed by atoms with Crippen molar-refractivity contribution in [2.45, 2.75) is 6.61 Å². The summed E-state index contributed by atoms with van der Waals surface area (Å²) in [6.07, 6.45) is 0. The minimum Gasteiger partial charge on any atom is -0.485 e. The molecule has 2 rings (SSSR count). The van der Waals surface area contributed by atoms with Gasteiger partial charge in [-0.3, -0.25) is 0 Å². The Morgan fingerprint density at radius 3 is 2.94 bits per heavy atom. The summed E-state index contributed by atoms with van der Waals surface area (Å²) in [4.78, 5) is 12.3. The lowest BCUT2D eigenvalue weighted by molar-refractivity contribution is 0.0695. The Hall–Kier alpha value is -1.96. The molecule has 2 aromatic rings. The maximum atomic E-state index is 10.9. The summed E-state index contributed by atoms with van der Waals surface area (Å²) < 4.78 is 5.89. The zero-order chi connectivity index (χ0) is 13.1. The topological polar surface area (TPSA) is 90.1 Å². The first-order valence-electron chi connectivity index (χ1n) is 4.95. The molecule has 0 radical (unpaired) electrons. The van der Waals surface area contributed by atoms with E-state index >= 15 is 0 Å². The third-order valence-electron chi connectivity index (χ3n) is 2.09. The summed E-state index contributed by atoms with van der Waals surface area (Å²) in [6.45, 7) is 0.133. The largest absolute Gasteiger partial charge is 0.485 e.